The van der Waals surface area contributed by atoms with Gasteiger partial charge in [0.05, 0.1) is 13.2 Å². The predicted molar refractivity (Wildman–Crippen MR) is 83.9 cm³/mol. The monoisotopic (exact) mass is 307 g/mol. The molecule has 0 unspecified atom stereocenters. The lowest BCUT2D eigenvalue weighted by molar-refractivity contribution is 0.0896. The molecule has 0 aromatic carbocycles. The van der Waals surface area contributed by atoms with Crippen LogP contribution in [0.4, 0.5) is 0 Å². The molecule has 1 N–H and O–H groups in total. The maximum Gasteiger partial charge on any atom is 0.271 e. The van der Waals surface area contributed by atoms with Gasteiger partial charge in [-0.2, -0.15) is 5.10 Å². The van der Waals surface area contributed by atoms with Gasteiger partial charge >= 0.3 is 0 Å². The molecule has 6 heteroatoms. The van der Waals surface area contributed by atoms with Crippen LogP contribution in [-0.2, 0) is 11.3 Å². The number of carbonyl (C=O) groups excluding carboxylic acids is 1. The van der Waals surface area contributed by atoms with Gasteiger partial charge in [-0.3, -0.25) is 9.59 Å². The maximum atomic E-state index is 12.4. The molecule has 122 valence electrons. The molecule has 1 amide bonds. The average molecular weight is 307 g/mol. The van der Waals surface area contributed by atoms with Crippen LogP contribution in [0.5, 0.6) is 0 Å². The van der Waals surface area contributed by atoms with Crippen LogP contribution < -0.4 is 10.9 Å². The van der Waals surface area contributed by atoms with Gasteiger partial charge < -0.3 is 10.1 Å². The molecule has 0 spiro atoms. The minimum absolute atomic E-state index is 0.198. The first-order valence-corrected chi connectivity index (χ1v) is 8.03. The summed E-state index contributed by atoms with van der Waals surface area (Å²) in [6.07, 6.45) is 5.66. The molecule has 1 saturated carbocycles. The van der Waals surface area contributed by atoms with E-state index >= 15 is 0 Å². The Morgan fingerprint density at radius 3 is 2.91 bits per heavy atom. The van der Waals surface area contributed by atoms with E-state index < -0.39 is 0 Å². The fourth-order valence-corrected chi connectivity index (χ4v) is 3.04. The molecule has 1 fully saturated rings. The van der Waals surface area contributed by atoms with Gasteiger partial charge in [-0.05, 0) is 24.8 Å². The van der Waals surface area contributed by atoms with Gasteiger partial charge in [0, 0.05) is 19.2 Å². The van der Waals surface area contributed by atoms with Gasteiger partial charge in [-0.1, -0.05) is 26.2 Å². The lowest BCUT2D eigenvalue weighted by atomic mass is 9.83. The molecular weight excluding hydrogens is 282 g/mol. The number of nitrogens with one attached hydrogen (secondary N) is 1. The summed E-state index contributed by atoms with van der Waals surface area (Å²) in [6.45, 7) is 2.90. The Balaban J connectivity index is 2.07. The third-order valence-corrected chi connectivity index (χ3v) is 4.36. The number of rotatable bonds is 6. The number of ether oxygens (including phenoxy) is 1. The van der Waals surface area contributed by atoms with Crippen molar-refractivity contribution < 1.29 is 9.53 Å². The van der Waals surface area contributed by atoms with Crippen molar-refractivity contribution in [3.8, 4) is 0 Å². The second-order valence-electron chi connectivity index (χ2n) is 5.81. The summed E-state index contributed by atoms with van der Waals surface area (Å²) in [5.41, 5.74) is 0.0637. The van der Waals surface area contributed by atoms with E-state index in [-0.39, 0.29) is 23.2 Å². The first-order chi connectivity index (χ1) is 10.7. The summed E-state index contributed by atoms with van der Waals surface area (Å²) in [6, 6.07) is 3.09. The zero-order valence-corrected chi connectivity index (χ0v) is 13.4. The Morgan fingerprint density at radius 2 is 2.18 bits per heavy atom. The summed E-state index contributed by atoms with van der Waals surface area (Å²) < 4.78 is 6.23. The van der Waals surface area contributed by atoms with Gasteiger partial charge in [0.15, 0.2) is 0 Å². The normalized spacial score (nSPS) is 21.5. The third-order valence-electron chi connectivity index (χ3n) is 4.36. The van der Waals surface area contributed by atoms with E-state index in [9.17, 15) is 9.59 Å². The summed E-state index contributed by atoms with van der Waals surface area (Å²) in [5, 5.41) is 7.23. The quantitative estimate of drug-likeness (QED) is 0.866. The number of nitrogens with zero attached hydrogens (tertiary/aromatic N) is 2. The predicted octanol–water partition coefficient (Wildman–Crippen LogP) is 1.59. The standard InChI is InChI=1S/C16H25N3O3/c1-3-12-6-4-5-7-13(12)17-16(21)14-8-9-15(20)19(18-14)10-11-22-2/h8-9,12-13H,3-7,10-11H2,1-2H3,(H,17,21)/t12-,13-/m0/s1. The Morgan fingerprint density at radius 1 is 1.41 bits per heavy atom. The molecular formula is C16H25N3O3. The fourth-order valence-electron chi connectivity index (χ4n) is 3.04. The molecule has 2 atom stereocenters. The molecule has 1 aliphatic carbocycles. The minimum atomic E-state index is -0.224. The summed E-state index contributed by atoms with van der Waals surface area (Å²) in [7, 11) is 1.57. The van der Waals surface area contributed by atoms with E-state index in [0.717, 1.165) is 19.3 Å². The van der Waals surface area contributed by atoms with Gasteiger partial charge in [-0.25, -0.2) is 4.68 Å². The van der Waals surface area contributed by atoms with Gasteiger partial charge in [0.25, 0.3) is 11.5 Å². The van der Waals surface area contributed by atoms with Crippen LogP contribution in [0.3, 0.4) is 0 Å². The highest BCUT2D eigenvalue weighted by Crippen LogP contribution is 2.26. The molecule has 1 aromatic heterocycles. The maximum absolute atomic E-state index is 12.4. The van der Waals surface area contributed by atoms with Gasteiger partial charge in [0.2, 0.25) is 0 Å². The third kappa shape index (κ3) is 4.16. The zero-order chi connectivity index (χ0) is 15.9. The molecule has 2 rings (SSSR count). The van der Waals surface area contributed by atoms with Crippen molar-refractivity contribution in [2.24, 2.45) is 5.92 Å². The number of aromatic nitrogens is 2. The second-order valence-corrected chi connectivity index (χ2v) is 5.81. The van der Waals surface area contributed by atoms with Crippen LogP contribution in [0.25, 0.3) is 0 Å². The molecule has 0 bridgehead atoms. The minimum Gasteiger partial charge on any atom is -0.383 e. The average Bonchev–Trinajstić information content (AvgIpc) is 2.54. The van der Waals surface area contributed by atoms with Crippen molar-refractivity contribution in [3.63, 3.8) is 0 Å². The highest BCUT2D eigenvalue weighted by molar-refractivity contribution is 5.92. The summed E-state index contributed by atoms with van der Waals surface area (Å²) in [4.78, 5) is 24.1. The summed E-state index contributed by atoms with van der Waals surface area (Å²) in [5.74, 6) is 0.341. The lowest BCUT2D eigenvalue weighted by Crippen LogP contribution is -2.42. The van der Waals surface area contributed by atoms with Crippen molar-refractivity contribution in [1.82, 2.24) is 15.1 Å². The summed E-state index contributed by atoms with van der Waals surface area (Å²) >= 11 is 0. The van der Waals surface area contributed by atoms with Crippen molar-refractivity contribution in [2.75, 3.05) is 13.7 Å². The van der Waals surface area contributed by atoms with Crippen LogP contribution in [0.1, 0.15) is 49.5 Å². The van der Waals surface area contributed by atoms with Crippen LogP contribution in [-0.4, -0.2) is 35.4 Å². The molecule has 1 heterocycles. The van der Waals surface area contributed by atoms with E-state index in [0.29, 0.717) is 19.1 Å². The molecule has 1 aromatic rings. The zero-order valence-electron chi connectivity index (χ0n) is 13.4. The number of hydrogen-bond donors (Lipinski definition) is 1. The van der Waals surface area contributed by atoms with E-state index in [1.54, 1.807) is 7.11 Å². The molecule has 22 heavy (non-hydrogen) atoms. The Bertz CT molecular complexity index is 556. The highest BCUT2D eigenvalue weighted by atomic mass is 16.5. The highest BCUT2D eigenvalue weighted by Gasteiger charge is 2.25. The largest absolute Gasteiger partial charge is 0.383 e. The lowest BCUT2D eigenvalue weighted by Gasteiger charge is -2.31. The van der Waals surface area contributed by atoms with Crippen molar-refractivity contribution >= 4 is 5.91 Å². The van der Waals surface area contributed by atoms with Crippen LogP contribution in [0.2, 0.25) is 0 Å². The van der Waals surface area contributed by atoms with E-state index in [1.807, 2.05) is 0 Å². The molecule has 0 aliphatic heterocycles. The van der Waals surface area contributed by atoms with Crippen molar-refractivity contribution in [2.45, 2.75) is 51.6 Å². The van der Waals surface area contributed by atoms with Crippen LogP contribution in [0, 0.1) is 5.92 Å². The van der Waals surface area contributed by atoms with Gasteiger partial charge in [0.1, 0.15) is 5.69 Å². The fraction of sp³-hybridized carbons (Fsp3) is 0.688. The SMILES string of the molecule is CC[C@H]1CCCC[C@@H]1NC(=O)c1ccc(=O)n(CCOC)n1. The molecule has 0 radical (unpaired) electrons. The number of hydrogen-bond acceptors (Lipinski definition) is 4. The smallest absolute Gasteiger partial charge is 0.271 e. The Hall–Kier alpha value is -1.69. The van der Waals surface area contributed by atoms with Crippen molar-refractivity contribution in [3.05, 3.63) is 28.2 Å². The molecule has 0 saturated heterocycles. The van der Waals surface area contributed by atoms with E-state index in [1.165, 1.54) is 29.7 Å². The van der Waals surface area contributed by atoms with E-state index in [2.05, 4.69) is 17.3 Å². The van der Waals surface area contributed by atoms with Crippen molar-refractivity contribution in [1.29, 1.82) is 0 Å². The topological polar surface area (TPSA) is 73.2 Å². The van der Waals surface area contributed by atoms with Crippen LogP contribution in [0.15, 0.2) is 16.9 Å². The molecule has 1 aliphatic rings. The number of amides is 1. The Labute approximate surface area is 130 Å². The number of methoxy groups -OCH3 is 1. The molecule has 6 nitrogen and oxygen atoms in total. The first-order valence-electron chi connectivity index (χ1n) is 8.03. The Kier molecular flexibility index (Phi) is 6.12. The van der Waals surface area contributed by atoms with Gasteiger partial charge in [-0.15, -0.1) is 0 Å². The first kappa shape index (κ1) is 16.7. The second kappa shape index (κ2) is 8.08. The number of carbonyl (C=O) groups is 1. The van der Waals surface area contributed by atoms with E-state index in [4.69, 9.17) is 4.74 Å². The van der Waals surface area contributed by atoms with Crippen LogP contribution >= 0.6 is 0 Å².